The minimum absolute atomic E-state index is 0.281. The summed E-state index contributed by atoms with van der Waals surface area (Å²) in [4.78, 5) is 1.77. The highest BCUT2D eigenvalue weighted by atomic mass is 32.2. The van der Waals surface area contributed by atoms with E-state index in [1.807, 2.05) is 0 Å². The van der Waals surface area contributed by atoms with Crippen LogP contribution in [0.1, 0.15) is 5.56 Å². The topological polar surface area (TPSA) is 63.4 Å². The molecule has 0 aromatic heterocycles. The van der Waals surface area contributed by atoms with E-state index >= 15 is 0 Å². The van der Waals surface area contributed by atoms with Gasteiger partial charge in [0.25, 0.3) is 0 Å². The molecular weight excluding hydrogens is 287 g/mol. The average Bonchev–Trinajstić information content (AvgIpc) is 2.33. The maximum absolute atomic E-state index is 13.4. The van der Waals surface area contributed by atoms with Crippen LogP contribution in [0.2, 0.25) is 0 Å². The Bertz CT molecular complexity index is 590. The molecule has 1 aliphatic heterocycles. The van der Waals surface area contributed by atoms with Gasteiger partial charge < -0.3 is 10.6 Å². The fourth-order valence-electron chi connectivity index (χ4n) is 2.14. The molecule has 0 saturated carbocycles. The van der Waals surface area contributed by atoms with Crippen LogP contribution in [0, 0.1) is 12.7 Å². The third kappa shape index (κ3) is 2.97. The maximum atomic E-state index is 13.4. The molecule has 1 saturated heterocycles. The lowest BCUT2D eigenvalue weighted by atomic mass is 10.1. The number of rotatable bonds is 2. The van der Waals surface area contributed by atoms with E-state index in [0.29, 0.717) is 23.5 Å². The first-order valence-electron chi connectivity index (χ1n) is 5.89. The smallest absolute Gasteiger partial charge is 0.169 e. The summed E-state index contributed by atoms with van der Waals surface area (Å²) in [5.74, 6) is 0.972. The highest BCUT2D eigenvalue weighted by Gasteiger charge is 2.32. The van der Waals surface area contributed by atoms with Crippen molar-refractivity contribution in [3.63, 3.8) is 0 Å². The van der Waals surface area contributed by atoms with Gasteiger partial charge in [0.2, 0.25) is 0 Å². The van der Waals surface area contributed by atoms with Crippen molar-refractivity contribution in [2.24, 2.45) is 0 Å². The summed E-state index contributed by atoms with van der Waals surface area (Å²) in [6, 6.07) is 2.88. The number of halogens is 1. The van der Waals surface area contributed by atoms with Crippen LogP contribution in [0.4, 0.5) is 15.8 Å². The van der Waals surface area contributed by atoms with E-state index in [1.165, 1.54) is 12.3 Å². The van der Waals surface area contributed by atoms with E-state index in [4.69, 9.17) is 5.73 Å². The number of aryl methyl sites for hydroxylation is 1. The predicted octanol–water partition coefficient (Wildman–Crippen LogP) is 1.64. The molecule has 7 heteroatoms. The Hall–Kier alpha value is -0.950. The molecule has 2 N–H and O–H groups in total. The van der Waals surface area contributed by atoms with Gasteiger partial charge in [-0.25, -0.2) is 12.8 Å². The molecule has 0 bridgehead atoms. The molecule has 4 nitrogen and oxygen atoms in total. The van der Waals surface area contributed by atoms with Crippen LogP contribution in [0.3, 0.4) is 0 Å². The fraction of sp³-hybridized carbons (Fsp3) is 0.500. The van der Waals surface area contributed by atoms with E-state index in [0.717, 1.165) is 5.75 Å². The van der Waals surface area contributed by atoms with Gasteiger partial charge in [0.1, 0.15) is 11.2 Å². The van der Waals surface area contributed by atoms with E-state index < -0.39 is 15.2 Å². The zero-order valence-corrected chi connectivity index (χ0v) is 12.5. The Morgan fingerprint density at radius 2 is 2.16 bits per heavy atom. The maximum Gasteiger partial charge on any atom is 0.169 e. The fourth-order valence-corrected chi connectivity index (χ4v) is 4.97. The molecule has 1 fully saturated rings. The minimum Gasteiger partial charge on any atom is -0.397 e. The van der Waals surface area contributed by atoms with Crippen LogP contribution in [-0.2, 0) is 9.84 Å². The van der Waals surface area contributed by atoms with Crippen LogP contribution in [0.15, 0.2) is 12.1 Å². The van der Waals surface area contributed by atoms with Gasteiger partial charge in [0.05, 0.1) is 11.4 Å². The van der Waals surface area contributed by atoms with Gasteiger partial charge in [-0.3, -0.25) is 0 Å². The van der Waals surface area contributed by atoms with Crippen LogP contribution < -0.4 is 10.6 Å². The van der Waals surface area contributed by atoms with Gasteiger partial charge >= 0.3 is 0 Å². The minimum atomic E-state index is -3.21. The van der Waals surface area contributed by atoms with Gasteiger partial charge in [-0.2, -0.15) is 11.8 Å². The second kappa shape index (κ2) is 5.20. The van der Waals surface area contributed by atoms with Crippen LogP contribution >= 0.6 is 11.8 Å². The largest absolute Gasteiger partial charge is 0.397 e. The Kier molecular flexibility index (Phi) is 3.96. The summed E-state index contributed by atoms with van der Waals surface area (Å²) >= 11 is 1.61. The lowest BCUT2D eigenvalue weighted by Gasteiger charge is -2.36. The molecule has 1 unspecified atom stereocenters. The zero-order chi connectivity index (χ0) is 14.2. The lowest BCUT2D eigenvalue weighted by Crippen LogP contribution is -2.47. The molecular formula is C12H17FN2O2S2. The first kappa shape index (κ1) is 14.5. The monoisotopic (exact) mass is 304 g/mol. The standard InChI is InChI=1S/C12H17FN2O2S2/c1-8-5-11(10(14)6-9(8)13)15-3-4-18-7-12(15)19(2,16)17/h5-6,12H,3-4,7,14H2,1-2H3. The van der Waals surface area contributed by atoms with Gasteiger partial charge in [0.15, 0.2) is 9.84 Å². The molecule has 1 atom stereocenters. The molecule has 0 aliphatic carbocycles. The van der Waals surface area contributed by atoms with Crippen molar-refractivity contribution in [1.29, 1.82) is 0 Å². The van der Waals surface area contributed by atoms with Crippen molar-refractivity contribution < 1.29 is 12.8 Å². The summed E-state index contributed by atoms with van der Waals surface area (Å²) in [7, 11) is -3.21. The third-order valence-electron chi connectivity index (χ3n) is 3.20. The van der Waals surface area contributed by atoms with E-state index in [9.17, 15) is 12.8 Å². The summed E-state index contributed by atoms with van der Waals surface area (Å²) in [6.45, 7) is 2.24. The van der Waals surface area contributed by atoms with Crippen LogP contribution in [0.5, 0.6) is 0 Å². The first-order valence-corrected chi connectivity index (χ1v) is 9.00. The molecule has 19 heavy (non-hydrogen) atoms. The summed E-state index contributed by atoms with van der Waals surface area (Å²) in [5, 5.41) is -0.599. The molecule has 1 aromatic rings. The highest BCUT2D eigenvalue weighted by molar-refractivity contribution is 8.01. The molecule has 2 rings (SSSR count). The number of anilines is 2. The second-order valence-corrected chi connectivity index (χ2v) is 8.07. The summed E-state index contributed by atoms with van der Waals surface area (Å²) in [5.41, 5.74) is 7.20. The average molecular weight is 304 g/mol. The van der Waals surface area contributed by atoms with Crippen molar-refractivity contribution in [2.75, 3.05) is 34.9 Å². The molecule has 0 radical (unpaired) electrons. The molecule has 1 aliphatic rings. The number of thioether (sulfide) groups is 1. The van der Waals surface area contributed by atoms with Gasteiger partial charge in [-0.15, -0.1) is 0 Å². The molecule has 0 amide bonds. The van der Waals surface area contributed by atoms with Crippen molar-refractivity contribution in [3.8, 4) is 0 Å². The van der Waals surface area contributed by atoms with Crippen molar-refractivity contribution in [3.05, 3.63) is 23.5 Å². The van der Waals surface area contributed by atoms with Crippen LogP contribution in [0.25, 0.3) is 0 Å². The number of nitrogen functional groups attached to an aromatic ring is 1. The summed E-state index contributed by atoms with van der Waals surface area (Å²) in [6.07, 6.45) is 1.23. The molecule has 106 valence electrons. The third-order valence-corrected chi connectivity index (χ3v) is 5.84. The van der Waals surface area contributed by atoms with Crippen molar-refractivity contribution in [1.82, 2.24) is 0 Å². The Morgan fingerprint density at radius 3 is 2.79 bits per heavy atom. The number of hydrogen-bond donors (Lipinski definition) is 1. The predicted molar refractivity (Wildman–Crippen MR) is 78.9 cm³/mol. The number of nitrogens with two attached hydrogens (primary N) is 1. The quantitative estimate of drug-likeness (QED) is 0.842. The molecule has 0 spiro atoms. The molecule has 1 aromatic carbocycles. The van der Waals surface area contributed by atoms with E-state index in [1.54, 1.807) is 29.7 Å². The Morgan fingerprint density at radius 1 is 1.47 bits per heavy atom. The van der Waals surface area contributed by atoms with Gasteiger partial charge in [-0.05, 0) is 24.6 Å². The summed E-state index contributed by atoms with van der Waals surface area (Å²) < 4.78 is 37.2. The molecule has 1 heterocycles. The van der Waals surface area contributed by atoms with Gasteiger partial charge in [0, 0.05) is 24.3 Å². The van der Waals surface area contributed by atoms with E-state index in [-0.39, 0.29) is 11.5 Å². The zero-order valence-electron chi connectivity index (χ0n) is 10.9. The highest BCUT2D eigenvalue weighted by Crippen LogP contribution is 2.32. The normalized spacial score (nSPS) is 20.6. The second-order valence-electron chi connectivity index (χ2n) is 4.71. The SMILES string of the molecule is Cc1cc(N2CCSCC2S(C)(=O)=O)c(N)cc1F. The lowest BCUT2D eigenvalue weighted by molar-refractivity contribution is 0.584. The van der Waals surface area contributed by atoms with Crippen molar-refractivity contribution in [2.45, 2.75) is 12.3 Å². The van der Waals surface area contributed by atoms with E-state index in [2.05, 4.69) is 0 Å². The Balaban J connectivity index is 2.46. The number of hydrogen-bond acceptors (Lipinski definition) is 5. The first-order chi connectivity index (χ1) is 8.80. The Labute approximate surface area is 117 Å². The van der Waals surface area contributed by atoms with Crippen molar-refractivity contribution >= 4 is 33.0 Å². The van der Waals surface area contributed by atoms with Gasteiger partial charge in [-0.1, -0.05) is 0 Å². The number of sulfone groups is 1. The number of benzene rings is 1. The number of nitrogens with zero attached hydrogens (tertiary/aromatic N) is 1. The van der Waals surface area contributed by atoms with Crippen LogP contribution in [-0.4, -0.2) is 38.1 Å².